The molecule has 1 aromatic carbocycles. The lowest BCUT2D eigenvalue weighted by Crippen LogP contribution is -2.13. The lowest BCUT2D eigenvalue weighted by molar-refractivity contribution is 0.716. The van der Waals surface area contributed by atoms with Gasteiger partial charge in [-0.1, -0.05) is 19.1 Å². The Morgan fingerprint density at radius 2 is 2.00 bits per heavy atom. The number of fused-ring (bicyclic) bond motifs is 2. The fraction of sp³-hybridized carbons (Fsp3) is 0.333. The highest BCUT2D eigenvalue weighted by Gasteiger charge is 2.10. The number of rotatable bonds is 6. The molecule has 128 valence electrons. The van der Waals surface area contributed by atoms with Crippen LogP contribution in [0.2, 0.25) is 0 Å². The molecule has 0 saturated carbocycles. The van der Waals surface area contributed by atoms with Crippen molar-refractivity contribution < 1.29 is 0 Å². The van der Waals surface area contributed by atoms with Crippen molar-refractivity contribution in [3.8, 4) is 0 Å². The van der Waals surface area contributed by atoms with Crippen LogP contribution in [0.5, 0.6) is 0 Å². The Hall–Kier alpha value is -2.96. The quantitative estimate of drug-likeness (QED) is 0.586. The number of aryl methyl sites for hydroxylation is 2. The molecule has 0 amide bonds. The molecule has 3 heterocycles. The predicted molar refractivity (Wildman–Crippen MR) is 97.8 cm³/mol. The summed E-state index contributed by atoms with van der Waals surface area (Å²) in [4.78, 5) is 13.4. The van der Waals surface area contributed by atoms with Crippen molar-refractivity contribution in [1.29, 1.82) is 0 Å². The van der Waals surface area contributed by atoms with E-state index >= 15 is 0 Å². The molecular weight excluding hydrogens is 314 g/mol. The van der Waals surface area contributed by atoms with E-state index in [-0.39, 0.29) is 0 Å². The van der Waals surface area contributed by atoms with Crippen LogP contribution in [0.4, 0.5) is 5.82 Å². The number of para-hydroxylation sites is 2. The van der Waals surface area contributed by atoms with E-state index in [0.29, 0.717) is 5.78 Å². The Kier molecular flexibility index (Phi) is 4.05. The van der Waals surface area contributed by atoms with Crippen molar-refractivity contribution in [3.05, 3.63) is 48.2 Å². The van der Waals surface area contributed by atoms with Gasteiger partial charge in [0, 0.05) is 31.3 Å². The number of hydrogen-bond donors (Lipinski definition) is 1. The van der Waals surface area contributed by atoms with Gasteiger partial charge in [-0.2, -0.15) is 14.6 Å². The Morgan fingerprint density at radius 1 is 1.12 bits per heavy atom. The van der Waals surface area contributed by atoms with Crippen LogP contribution in [-0.2, 0) is 19.4 Å². The molecular formula is C18H21N7. The number of hydrogen-bond acceptors (Lipinski definition) is 5. The summed E-state index contributed by atoms with van der Waals surface area (Å²) in [6, 6.07) is 10.3. The van der Waals surface area contributed by atoms with Gasteiger partial charge in [0.1, 0.15) is 18.0 Å². The molecule has 0 radical (unpaired) electrons. The smallest absolute Gasteiger partial charge is 0.254 e. The van der Waals surface area contributed by atoms with Gasteiger partial charge in [-0.05, 0) is 25.5 Å². The van der Waals surface area contributed by atoms with Crippen LogP contribution in [0.15, 0.2) is 36.7 Å². The van der Waals surface area contributed by atoms with Crippen LogP contribution in [-0.4, -0.2) is 35.7 Å². The summed E-state index contributed by atoms with van der Waals surface area (Å²) in [5, 5.41) is 7.71. The average molecular weight is 335 g/mol. The van der Waals surface area contributed by atoms with Crippen LogP contribution < -0.4 is 5.32 Å². The van der Waals surface area contributed by atoms with E-state index in [1.165, 1.54) is 11.8 Å². The van der Waals surface area contributed by atoms with Crippen molar-refractivity contribution in [1.82, 2.24) is 29.1 Å². The van der Waals surface area contributed by atoms with Crippen molar-refractivity contribution >= 4 is 22.6 Å². The topological polar surface area (TPSA) is 72.9 Å². The second kappa shape index (κ2) is 6.51. The summed E-state index contributed by atoms with van der Waals surface area (Å²) in [6.07, 6.45) is 3.23. The maximum absolute atomic E-state index is 4.78. The minimum atomic E-state index is 0.627. The molecule has 0 saturated heterocycles. The number of benzene rings is 1. The number of anilines is 1. The highest BCUT2D eigenvalue weighted by Crippen LogP contribution is 2.17. The Bertz CT molecular complexity index is 1010. The first-order chi connectivity index (χ1) is 12.3. The predicted octanol–water partition coefficient (Wildman–Crippen LogP) is 2.71. The molecule has 0 atom stereocenters. The highest BCUT2D eigenvalue weighted by molar-refractivity contribution is 5.75. The van der Waals surface area contributed by atoms with E-state index in [1.54, 1.807) is 4.52 Å². The minimum absolute atomic E-state index is 0.627. The summed E-state index contributed by atoms with van der Waals surface area (Å²) >= 11 is 0. The second-order valence-corrected chi connectivity index (χ2v) is 5.90. The maximum Gasteiger partial charge on any atom is 0.254 e. The molecule has 0 unspecified atom stereocenters. The first-order valence-electron chi connectivity index (χ1n) is 8.67. The van der Waals surface area contributed by atoms with Crippen LogP contribution >= 0.6 is 0 Å². The van der Waals surface area contributed by atoms with Crippen molar-refractivity contribution in [2.75, 3.05) is 11.9 Å². The van der Waals surface area contributed by atoms with Gasteiger partial charge in [0.15, 0.2) is 0 Å². The van der Waals surface area contributed by atoms with Gasteiger partial charge in [0.2, 0.25) is 0 Å². The summed E-state index contributed by atoms with van der Waals surface area (Å²) in [5.41, 5.74) is 3.25. The number of nitrogens with one attached hydrogen (secondary N) is 1. The van der Waals surface area contributed by atoms with E-state index < -0.39 is 0 Å². The molecule has 3 aromatic heterocycles. The van der Waals surface area contributed by atoms with Crippen LogP contribution in [0.3, 0.4) is 0 Å². The number of nitrogens with zero attached hydrogens (tertiary/aromatic N) is 6. The van der Waals surface area contributed by atoms with Gasteiger partial charge in [0.05, 0.1) is 11.0 Å². The van der Waals surface area contributed by atoms with Gasteiger partial charge in [0.25, 0.3) is 5.78 Å². The molecule has 1 N–H and O–H groups in total. The van der Waals surface area contributed by atoms with E-state index in [4.69, 9.17) is 4.98 Å². The molecule has 0 aliphatic rings. The molecule has 7 heteroatoms. The van der Waals surface area contributed by atoms with Gasteiger partial charge in [-0.25, -0.2) is 9.97 Å². The van der Waals surface area contributed by atoms with Crippen LogP contribution in [0.25, 0.3) is 16.8 Å². The lowest BCUT2D eigenvalue weighted by atomic mass is 10.3. The zero-order chi connectivity index (χ0) is 17.2. The lowest BCUT2D eigenvalue weighted by Gasteiger charge is -2.10. The minimum Gasteiger partial charge on any atom is -0.369 e. The van der Waals surface area contributed by atoms with E-state index in [9.17, 15) is 0 Å². The fourth-order valence-corrected chi connectivity index (χ4v) is 3.14. The fourth-order valence-electron chi connectivity index (χ4n) is 3.14. The molecule has 25 heavy (non-hydrogen) atoms. The van der Waals surface area contributed by atoms with Gasteiger partial charge < -0.3 is 9.88 Å². The van der Waals surface area contributed by atoms with E-state index in [2.05, 4.69) is 57.0 Å². The Balaban J connectivity index is 1.56. The average Bonchev–Trinajstić information content (AvgIpc) is 3.25. The SMILES string of the molecule is CCc1cc(NCCc2nc3ccccc3n2CC)n2ncnc2n1. The zero-order valence-corrected chi connectivity index (χ0v) is 14.5. The first kappa shape index (κ1) is 15.6. The molecule has 0 bridgehead atoms. The standard InChI is InChI=1S/C18H21N7/c1-3-13-11-17(25-18(22-13)20-12-21-25)19-10-9-16-23-14-7-5-6-8-15(14)24(16)4-2/h5-8,11-12,19H,3-4,9-10H2,1-2H3. The zero-order valence-electron chi connectivity index (χ0n) is 14.5. The molecule has 0 spiro atoms. The molecule has 4 rings (SSSR count). The van der Waals surface area contributed by atoms with Crippen molar-refractivity contribution in [2.45, 2.75) is 33.2 Å². The maximum atomic E-state index is 4.78. The summed E-state index contributed by atoms with van der Waals surface area (Å²) in [5.74, 6) is 2.64. The van der Waals surface area contributed by atoms with Gasteiger partial charge >= 0.3 is 0 Å². The van der Waals surface area contributed by atoms with Gasteiger partial charge in [-0.15, -0.1) is 0 Å². The highest BCUT2D eigenvalue weighted by atomic mass is 15.3. The van der Waals surface area contributed by atoms with Gasteiger partial charge in [-0.3, -0.25) is 0 Å². The Labute approximate surface area is 145 Å². The number of aromatic nitrogens is 6. The summed E-state index contributed by atoms with van der Waals surface area (Å²) in [7, 11) is 0. The normalized spacial score (nSPS) is 11.4. The second-order valence-electron chi connectivity index (χ2n) is 5.90. The molecule has 0 aliphatic heterocycles. The van der Waals surface area contributed by atoms with E-state index in [1.807, 2.05) is 12.1 Å². The van der Waals surface area contributed by atoms with Crippen LogP contribution in [0.1, 0.15) is 25.4 Å². The van der Waals surface area contributed by atoms with E-state index in [0.717, 1.165) is 48.8 Å². The third-order valence-corrected chi connectivity index (χ3v) is 4.37. The largest absolute Gasteiger partial charge is 0.369 e. The molecule has 0 aliphatic carbocycles. The summed E-state index contributed by atoms with van der Waals surface area (Å²) < 4.78 is 4.01. The van der Waals surface area contributed by atoms with Crippen molar-refractivity contribution in [2.24, 2.45) is 0 Å². The monoisotopic (exact) mass is 335 g/mol. The third kappa shape index (κ3) is 2.82. The van der Waals surface area contributed by atoms with Crippen molar-refractivity contribution in [3.63, 3.8) is 0 Å². The number of imidazole rings is 1. The molecule has 7 nitrogen and oxygen atoms in total. The Morgan fingerprint density at radius 3 is 2.84 bits per heavy atom. The summed E-state index contributed by atoms with van der Waals surface area (Å²) in [6.45, 7) is 5.92. The van der Waals surface area contributed by atoms with Crippen LogP contribution in [0, 0.1) is 0 Å². The molecule has 4 aromatic rings. The molecule has 0 fully saturated rings. The third-order valence-electron chi connectivity index (χ3n) is 4.37. The first-order valence-corrected chi connectivity index (χ1v) is 8.67.